The van der Waals surface area contributed by atoms with E-state index in [0.717, 1.165) is 22.5 Å². The Labute approximate surface area is 114 Å². The molecule has 0 spiro atoms. The van der Waals surface area contributed by atoms with Crippen molar-refractivity contribution in [3.63, 3.8) is 0 Å². The molecule has 3 nitrogen and oxygen atoms in total. The van der Waals surface area contributed by atoms with Gasteiger partial charge in [-0.25, -0.2) is 4.98 Å². The number of nitrogens with zero attached hydrogens (tertiary/aromatic N) is 1. The van der Waals surface area contributed by atoms with Crippen LogP contribution in [-0.2, 0) is 6.42 Å². The van der Waals surface area contributed by atoms with Crippen molar-refractivity contribution < 1.29 is 9.47 Å². The summed E-state index contributed by atoms with van der Waals surface area (Å²) in [5, 5.41) is 0. The number of hydrogen-bond acceptors (Lipinski definition) is 3. The molecule has 18 heavy (non-hydrogen) atoms. The molecule has 2 aromatic rings. The maximum atomic E-state index is 5.80. The topological polar surface area (TPSA) is 31.4 Å². The highest BCUT2D eigenvalue weighted by Crippen LogP contribution is 2.28. The summed E-state index contributed by atoms with van der Waals surface area (Å²) in [6, 6.07) is 11.9. The first-order valence-electron chi connectivity index (χ1n) is 5.80. The lowest BCUT2D eigenvalue weighted by molar-refractivity contribution is 0.148. The van der Waals surface area contributed by atoms with Crippen molar-refractivity contribution >= 4 is 15.9 Å². The predicted octanol–water partition coefficient (Wildman–Crippen LogP) is 3.23. The van der Waals surface area contributed by atoms with Gasteiger partial charge in [-0.3, -0.25) is 0 Å². The third-order valence-corrected chi connectivity index (χ3v) is 3.32. The van der Waals surface area contributed by atoms with Crippen LogP contribution in [0.1, 0.15) is 5.56 Å². The van der Waals surface area contributed by atoms with Gasteiger partial charge < -0.3 is 9.47 Å². The van der Waals surface area contributed by atoms with Crippen LogP contribution in [0.2, 0.25) is 0 Å². The number of pyridine rings is 1. The number of para-hydroxylation sites is 1. The smallest absolute Gasteiger partial charge is 0.137 e. The van der Waals surface area contributed by atoms with Gasteiger partial charge in [0, 0.05) is 6.42 Å². The van der Waals surface area contributed by atoms with E-state index in [0.29, 0.717) is 6.61 Å². The molecule has 0 bridgehead atoms. The van der Waals surface area contributed by atoms with E-state index >= 15 is 0 Å². The Morgan fingerprint density at radius 3 is 2.94 bits per heavy atom. The first-order chi connectivity index (χ1) is 8.81. The summed E-state index contributed by atoms with van der Waals surface area (Å²) in [5.41, 5.74) is 1.25. The molecule has 0 radical (unpaired) electrons. The zero-order valence-electron chi connectivity index (χ0n) is 9.67. The van der Waals surface area contributed by atoms with Crippen molar-refractivity contribution in [3.8, 4) is 11.5 Å². The van der Waals surface area contributed by atoms with E-state index in [1.54, 1.807) is 6.20 Å². The maximum absolute atomic E-state index is 5.80. The molecule has 0 saturated heterocycles. The quantitative estimate of drug-likeness (QED) is 0.816. The van der Waals surface area contributed by atoms with Crippen molar-refractivity contribution in [2.24, 2.45) is 0 Å². The van der Waals surface area contributed by atoms with Crippen molar-refractivity contribution in [2.45, 2.75) is 12.5 Å². The van der Waals surface area contributed by atoms with Crippen molar-refractivity contribution in [2.75, 3.05) is 6.61 Å². The second kappa shape index (κ2) is 4.98. The molecule has 4 heteroatoms. The van der Waals surface area contributed by atoms with Crippen molar-refractivity contribution in [3.05, 3.63) is 52.8 Å². The zero-order chi connectivity index (χ0) is 12.4. The highest BCUT2D eigenvalue weighted by molar-refractivity contribution is 9.10. The van der Waals surface area contributed by atoms with E-state index in [1.165, 1.54) is 5.56 Å². The van der Waals surface area contributed by atoms with Crippen LogP contribution < -0.4 is 9.47 Å². The molecule has 1 aliphatic rings. The fourth-order valence-corrected chi connectivity index (χ4v) is 2.22. The Morgan fingerprint density at radius 2 is 2.17 bits per heavy atom. The summed E-state index contributed by atoms with van der Waals surface area (Å²) in [7, 11) is 0. The minimum Gasteiger partial charge on any atom is -0.488 e. The fraction of sp³-hybridized carbons (Fsp3) is 0.214. The third kappa shape index (κ3) is 2.48. The van der Waals surface area contributed by atoms with Crippen molar-refractivity contribution in [1.82, 2.24) is 4.98 Å². The van der Waals surface area contributed by atoms with Crippen LogP contribution in [0.5, 0.6) is 11.5 Å². The molecule has 0 fully saturated rings. The molecule has 2 heterocycles. The number of halogens is 1. The Balaban J connectivity index is 1.58. The molecule has 0 amide bonds. The van der Waals surface area contributed by atoms with Gasteiger partial charge in [0.25, 0.3) is 0 Å². The number of aromatic nitrogens is 1. The molecule has 1 aromatic carbocycles. The van der Waals surface area contributed by atoms with Crippen LogP contribution in [0.3, 0.4) is 0 Å². The second-order valence-electron chi connectivity index (χ2n) is 4.18. The van der Waals surface area contributed by atoms with Crippen LogP contribution in [0, 0.1) is 0 Å². The Bertz CT molecular complexity index is 517. The monoisotopic (exact) mass is 305 g/mol. The molecule has 0 saturated carbocycles. The lowest BCUT2D eigenvalue weighted by Crippen LogP contribution is -2.22. The zero-order valence-corrected chi connectivity index (χ0v) is 11.3. The van der Waals surface area contributed by atoms with Gasteiger partial charge in [0.15, 0.2) is 0 Å². The lowest BCUT2D eigenvalue weighted by atomic mass is 10.1. The molecule has 1 aliphatic heterocycles. The highest BCUT2D eigenvalue weighted by Gasteiger charge is 2.22. The summed E-state index contributed by atoms with van der Waals surface area (Å²) in [6.07, 6.45) is 2.69. The largest absolute Gasteiger partial charge is 0.488 e. The number of fused-ring (bicyclic) bond motifs is 1. The Kier molecular flexibility index (Phi) is 3.19. The normalized spacial score (nSPS) is 17.1. The summed E-state index contributed by atoms with van der Waals surface area (Å²) in [6.45, 7) is 0.540. The maximum Gasteiger partial charge on any atom is 0.137 e. The van der Waals surface area contributed by atoms with Crippen LogP contribution in [0.15, 0.2) is 47.2 Å². The van der Waals surface area contributed by atoms with E-state index in [9.17, 15) is 0 Å². The summed E-state index contributed by atoms with van der Waals surface area (Å²) in [5.74, 6) is 1.73. The average Bonchev–Trinajstić information content (AvgIpc) is 2.81. The molecule has 1 unspecified atom stereocenters. The minimum atomic E-state index is 0.0889. The van der Waals surface area contributed by atoms with Crippen LogP contribution >= 0.6 is 15.9 Å². The first-order valence-corrected chi connectivity index (χ1v) is 6.59. The minimum absolute atomic E-state index is 0.0889. The van der Waals surface area contributed by atoms with E-state index < -0.39 is 0 Å². The van der Waals surface area contributed by atoms with Gasteiger partial charge in [-0.15, -0.1) is 0 Å². The van der Waals surface area contributed by atoms with Gasteiger partial charge in [0.1, 0.15) is 28.8 Å². The number of benzene rings is 1. The summed E-state index contributed by atoms with van der Waals surface area (Å²) < 4.78 is 12.3. The first kappa shape index (κ1) is 11.5. The SMILES string of the molecule is Brc1ccc(OCC2Cc3ccccc3O2)cn1. The van der Waals surface area contributed by atoms with Gasteiger partial charge in [0.2, 0.25) is 0 Å². The molecular formula is C14H12BrNO2. The lowest BCUT2D eigenvalue weighted by Gasteiger charge is -2.12. The average molecular weight is 306 g/mol. The van der Waals surface area contributed by atoms with Gasteiger partial charge >= 0.3 is 0 Å². The van der Waals surface area contributed by atoms with E-state index in [2.05, 4.69) is 27.0 Å². The van der Waals surface area contributed by atoms with Gasteiger partial charge in [-0.05, 0) is 39.7 Å². The summed E-state index contributed by atoms with van der Waals surface area (Å²) in [4.78, 5) is 4.11. The number of rotatable bonds is 3. The Morgan fingerprint density at radius 1 is 1.28 bits per heavy atom. The van der Waals surface area contributed by atoms with E-state index in [1.807, 2.05) is 30.3 Å². The second-order valence-corrected chi connectivity index (χ2v) is 4.99. The molecule has 92 valence electrons. The number of hydrogen-bond donors (Lipinski definition) is 0. The number of ether oxygens (including phenoxy) is 2. The fourth-order valence-electron chi connectivity index (χ4n) is 1.98. The molecule has 1 atom stereocenters. The van der Waals surface area contributed by atoms with Crippen molar-refractivity contribution in [1.29, 1.82) is 0 Å². The molecule has 1 aromatic heterocycles. The molecule has 0 N–H and O–H groups in total. The van der Waals surface area contributed by atoms with E-state index in [-0.39, 0.29) is 6.10 Å². The van der Waals surface area contributed by atoms with Gasteiger partial charge in [-0.1, -0.05) is 18.2 Å². The third-order valence-electron chi connectivity index (χ3n) is 2.85. The Hall–Kier alpha value is -1.55. The molecular weight excluding hydrogens is 294 g/mol. The molecule has 3 rings (SSSR count). The standard InChI is InChI=1S/C14H12BrNO2/c15-14-6-5-11(8-16-14)17-9-12-7-10-3-1-2-4-13(10)18-12/h1-6,8,12H,7,9H2. The van der Waals surface area contributed by atoms with Crippen LogP contribution in [-0.4, -0.2) is 17.7 Å². The predicted molar refractivity (Wildman–Crippen MR) is 72.0 cm³/mol. The van der Waals surface area contributed by atoms with Gasteiger partial charge in [0.05, 0.1) is 6.20 Å². The van der Waals surface area contributed by atoms with Crippen LogP contribution in [0.4, 0.5) is 0 Å². The molecule has 0 aliphatic carbocycles. The summed E-state index contributed by atoms with van der Waals surface area (Å²) >= 11 is 3.29. The van der Waals surface area contributed by atoms with E-state index in [4.69, 9.17) is 9.47 Å². The van der Waals surface area contributed by atoms with Crippen LogP contribution in [0.25, 0.3) is 0 Å². The van der Waals surface area contributed by atoms with Gasteiger partial charge in [-0.2, -0.15) is 0 Å². The highest BCUT2D eigenvalue weighted by atomic mass is 79.9.